The van der Waals surface area contributed by atoms with E-state index in [0.29, 0.717) is 18.4 Å². The van der Waals surface area contributed by atoms with E-state index in [-0.39, 0.29) is 11.5 Å². The van der Waals surface area contributed by atoms with Gasteiger partial charge < -0.3 is 10.4 Å². The molecule has 0 radical (unpaired) electrons. The van der Waals surface area contributed by atoms with Crippen molar-refractivity contribution >= 4 is 5.91 Å². The van der Waals surface area contributed by atoms with E-state index >= 15 is 0 Å². The Morgan fingerprint density at radius 2 is 1.65 bits per heavy atom. The number of aliphatic hydroxyl groups is 1. The summed E-state index contributed by atoms with van der Waals surface area (Å²) in [5, 5.41) is 12.6. The third kappa shape index (κ3) is 2.74. The molecular weight excluding hydrogens is 250 g/mol. The first kappa shape index (κ1) is 14.4. The molecule has 0 spiro atoms. The number of amides is 1. The zero-order chi connectivity index (χ0) is 14.3. The zero-order valence-electron chi connectivity index (χ0n) is 12.9. The Hall–Kier alpha value is -0.570. The lowest BCUT2D eigenvalue weighted by Gasteiger charge is -2.55. The molecule has 4 bridgehead atoms. The standard InChI is InChI=1S/C17H29NO2/c1-11(3-12(2)19)10-18-16(20)17-7-13-4-14(8-17)6-15(5-13)9-17/h11-15,19H,3-10H2,1-2H3,(H,18,20)/t11-,12+,13?,14?,15?,17?/m0/s1. The first-order valence-electron chi connectivity index (χ1n) is 8.43. The summed E-state index contributed by atoms with van der Waals surface area (Å²) in [5.74, 6) is 3.13. The molecule has 4 aliphatic carbocycles. The summed E-state index contributed by atoms with van der Waals surface area (Å²) in [6.07, 6.45) is 8.03. The molecule has 0 saturated heterocycles. The van der Waals surface area contributed by atoms with Crippen LogP contribution in [0.1, 0.15) is 58.8 Å². The molecule has 114 valence electrons. The number of hydrogen-bond donors (Lipinski definition) is 2. The number of carbonyl (C=O) groups excluding carboxylic acids is 1. The highest BCUT2D eigenvalue weighted by molar-refractivity contribution is 5.83. The Kier molecular flexibility index (Phi) is 3.83. The van der Waals surface area contributed by atoms with Gasteiger partial charge in [0, 0.05) is 12.0 Å². The maximum absolute atomic E-state index is 12.7. The molecule has 0 aromatic rings. The molecule has 3 nitrogen and oxygen atoms in total. The van der Waals surface area contributed by atoms with Crippen molar-refractivity contribution in [3.8, 4) is 0 Å². The van der Waals surface area contributed by atoms with Crippen molar-refractivity contribution in [1.29, 1.82) is 0 Å². The summed E-state index contributed by atoms with van der Waals surface area (Å²) in [5.41, 5.74) is -0.0285. The molecular formula is C17H29NO2. The highest BCUT2D eigenvalue weighted by atomic mass is 16.3. The van der Waals surface area contributed by atoms with Gasteiger partial charge in [0.25, 0.3) is 0 Å². The van der Waals surface area contributed by atoms with Gasteiger partial charge in [-0.3, -0.25) is 4.79 Å². The molecule has 0 heterocycles. The first-order valence-corrected chi connectivity index (χ1v) is 8.43. The Morgan fingerprint density at radius 1 is 1.15 bits per heavy atom. The molecule has 0 aliphatic heterocycles. The second-order valence-corrected chi connectivity index (χ2v) is 8.10. The monoisotopic (exact) mass is 279 g/mol. The number of aliphatic hydroxyl groups excluding tert-OH is 1. The second-order valence-electron chi connectivity index (χ2n) is 8.10. The lowest BCUT2D eigenvalue weighted by molar-refractivity contribution is -0.146. The predicted molar refractivity (Wildman–Crippen MR) is 79.1 cm³/mol. The van der Waals surface area contributed by atoms with Gasteiger partial charge in [-0.2, -0.15) is 0 Å². The van der Waals surface area contributed by atoms with Crippen LogP contribution in [-0.2, 0) is 4.79 Å². The topological polar surface area (TPSA) is 49.3 Å². The molecule has 2 atom stereocenters. The minimum absolute atomic E-state index is 0.0285. The normalized spacial score (nSPS) is 41.5. The zero-order valence-corrected chi connectivity index (χ0v) is 12.9. The molecule has 4 rings (SSSR count). The molecule has 0 aromatic heterocycles. The number of rotatable bonds is 5. The van der Waals surface area contributed by atoms with E-state index in [2.05, 4.69) is 12.2 Å². The average molecular weight is 279 g/mol. The molecule has 1 amide bonds. The minimum Gasteiger partial charge on any atom is -0.393 e. The Morgan fingerprint density at radius 3 is 2.10 bits per heavy atom. The Labute approximate surface area is 122 Å². The summed E-state index contributed by atoms with van der Waals surface area (Å²) >= 11 is 0. The fraction of sp³-hybridized carbons (Fsp3) is 0.941. The van der Waals surface area contributed by atoms with Crippen LogP contribution in [0.25, 0.3) is 0 Å². The van der Waals surface area contributed by atoms with Gasteiger partial charge in [-0.1, -0.05) is 6.92 Å². The average Bonchev–Trinajstić information content (AvgIpc) is 2.33. The van der Waals surface area contributed by atoms with Gasteiger partial charge in [0.15, 0.2) is 0 Å². The van der Waals surface area contributed by atoms with Crippen LogP contribution in [0.15, 0.2) is 0 Å². The van der Waals surface area contributed by atoms with Crippen LogP contribution >= 0.6 is 0 Å². The van der Waals surface area contributed by atoms with Crippen molar-refractivity contribution in [3.63, 3.8) is 0 Å². The van der Waals surface area contributed by atoms with Crippen LogP contribution in [0.2, 0.25) is 0 Å². The van der Waals surface area contributed by atoms with Crippen LogP contribution in [0.3, 0.4) is 0 Å². The van der Waals surface area contributed by atoms with Crippen molar-refractivity contribution < 1.29 is 9.90 Å². The lowest BCUT2D eigenvalue weighted by atomic mass is 9.49. The SMILES string of the molecule is C[C@H](CNC(=O)C12CC3CC(CC(C3)C1)C2)C[C@@H](C)O. The Balaban J connectivity index is 1.57. The van der Waals surface area contributed by atoms with E-state index in [1.807, 2.05) is 6.92 Å². The molecule has 0 aromatic carbocycles. The van der Waals surface area contributed by atoms with Gasteiger partial charge in [0.2, 0.25) is 5.91 Å². The van der Waals surface area contributed by atoms with Crippen molar-refractivity contribution in [1.82, 2.24) is 5.32 Å². The van der Waals surface area contributed by atoms with Gasteiger partial charge in [-0.25, -0.2) is 0 Å². The lowest BCUT2D eigenvalue weighted by Crippen LogP contribution is -2.54. The minimum atomic E-state index is -0.276. The van der Waals surface area contributed by atoms with Crippen molar-refractivity contribution in [3.05, 3.63) is 0 Å². The third-order valence-electron chi connectivity index (χ3n) is 5.87. The molecule has 2 N–H and O–H groups in total. The molecule has 4 aliphatic rings. The van der Waals surface area contributed by atoms with E-state index in [1.54, 1.807) is 0 Å². The summed E-state index contributed by atoms with van der Waals surface area (Å²) < 4.78 is 0. The highest BCUT2D eigenvalue weighted by Gasteiger charge is 2.54. The third-order valence-corrected chi connectivity index (χ3v) is 5.87. The fourth-order valence-corrected chi connectivity index (χ4v) is 5.51. The largest absolute Gasteiger partial charge is 0.393 e. The van der Waals surface area contributed by atoms with E-state index in [0.717, 1.165) is 43.4 Å². The number of hydrogen-bond acceptors (Lipinski definition) is 2. The predicted octanol–water partition coefficient (Wildman–Crippen LogP) is 2.73. The molecule has 4 fully saturated rings. The van der Waals surface area contributed by atoms with Crippen molar-refractivity contribution in [2.75, 3.05) is 6.54 Å². The van der Waals surface area contributed by atoms with Crippen LogP contribution in [0.5, 0.6) is 0 Å². The molecule has 3 heteroatoms. The van der Waals surface area contributed by atoms with Gasteiger partial charge in [0.1, 0.15) is 0 Å². The summed E-state index contributed by atoms with van der Waals surface area (Å²) in [4.78, 5) is 12.7. The van der Waals surface area contributed by atoms with Crippen LogP contribution in [0, 0.1) is 29.1 Å². The second kappa shape index (κ2) is 5.32. The van der Waals surface area contributed by atoms with Gasteiger partial charge >= 0.3 is 0 Å². The smallest absolute Gasteiger partial charge is 0.226 e. The molecule has 0 unspecified atom stereocenters. The van der Waals surface area contributed by atoms with E-state index in [4.69, 9.17) is 0 Å². The summed E-state index contributed by atoms with van der Waals surface area (Å²) in [7, 11) is 0. The Bertz CT molecular complexity index is 342. The van der Waals surface area contributed by atoms with E-state index in [9.17, 15) is 9.90 Å². The number of nitrogens with one attached hydrogen (secondary N) is 1. The van der Waals surface area contributed by atoms with Crippen molar-refractivity contribution in [2.24, 2.45) is 29.1 Å². The molecule has 20 heavy (non-hydrogen) atoms. The van der Waals surface area contributed by atoms with Crippen LogP contribution < -0.4 is 5.32 Å². The first-order chi connectivity index (χ1) is 9.47. The fourth-order valence-electron chi connectivity index (χ4n) is 5.51. The van der Waals surface area contributed by atoms with Crippen LogP contribution in [0.4, 0.5) is 0 Å². The van der Waals surface area contributed by atoms with Crippen LogP contribution in [-0.4, -0.2) is 23.7 Å². The molecule has 4 saturated carbocycles. The van der Waals surface area contributed by atoms with Gasteiger partial charge in [-0.15, -0.1) is 0 Å². The van der Waals surface area contributed by atoms with Crippen molar-refractivity contribution in [2.45, 2.75) is 64.9 Å². The van der Waals surface area contributed by atoms with Gasteiger partial charge in [-0.05, 0) is 75.5 Å². The maximum Gasteiger partial charge on any atom is 0.226 e. The quantitative estimate of drug-likeness (QED) is 0.813. The summed E-state index contributed by atoms with van der Waals surface area (Å²) in [6, 6.07) is 0. The highest BCUT2D eigenvalue weighted by Crippen LogP contribution is 2.60. The van der Waals surface area contributed by atoms with E-state index in [1.165, 1.54) is 19.3 Å². The van der Waals surface area contributed by atoms with Gasteiger partial charge in [0.05, 0.1) is 6.10 Å². The number of carbonyl (C=O) groups is 1. The maximum atomic E-state index is 12.7. The summed E-state index contributed by atoms with van der Waals surface area (Å²) in [6.45, 7) is 4.63. The van der Waals surface area contributed by atoms with E-state index < -0.39 is 0 Å².